The number of anilines is 1. The van der Waals surface area contributed by atoms with Crippen molar-refractivity contribution in [2.24, 2.45) is 0 Å². The van der Waals surface area contributed by atoms with E-state index in [4.69, 9.17) is 19.2 Å². The van der Waals surface area contributed by atoms with Crippen LogP contribution in [0.2, 0.25) is 0 Å². The molecule has 8 heteroatoms. The van der Waals surface area contributed by atoms with Crippen LogP contribution >= 0.6 is 11.3 Å². The molecule has 0 saturated carbocycles. The van der Waals surface area contributed by atoms with Gasteiger partial charge in [0.05, 0.1) is 25.5 Å². The van der Waals surface area contributed by atoms with Crippen molar-refractivity contribution in [1.82, 2.24) is 9.88 Å². The Morgan fingerprint density at radius 3 is 2.47 bits per heavy atom. The van der Waals surface area contributed by atoms with E-state index in [1.807, 2.05) is 55.5 Å². The molecule has 0 spiro atoms. The van der Waals surface area contributed by atoms with Gasteiger partial charge in [-0.1, -0.05) is 53.8 Å². The summed E-state index contributed by atoms with van der Waals surface area (Å²) in [6.45, 7) is 6.35. The van der Waals surface area contributed by atoms with E-state index in [1.54, 1.807) is 6.07 Å². The van der Waals surface area contributed by atoms with Crippen LogP contribution in [0, 0.1) is 0 Å². The van der Waals surface area contributed by atoms with Crippen molar-refractivity contribution in [3.8, 4) is 22.8 Å². The first-order valence-electron chi connectivity index (χ1n) is 10.7. The highest BCUT2D eigenvalue weighted by atomic mass is 32.1. The number of morpholine rings is 1. The quantitative estimate of drug-likeness (QED) is 0.527. The van der Waals surface area contributed by atoms with Crippen LogP contribution in [0.4, 0.5) is 5.13 Å². The number of nitrogens with one attached hydrogen (secondary N) is 1. The number of benzene rings is 2. The lowest BCUT2D eigenvalue weighted by atomic mass is 10.1. The van der Waals surface area contributed by atoms with E-state index in [9.17, 15) is 4.79 Å². The molecule has 0 unspecified atom stereocenters. The highest BCUT2D eigenvalue weighted by molar-refractivity contribution is 7.16. The summed E-state index contributed by atoms with van der Waals surface area (Å²) in [6.07, 6.45) is 0. The molecule has 32 heavy (non-hydrogen) atoms. The molecule has 1 aliphatic heterocycles. The largest absolute Gasteiger partial charge is 0.490 e. The Labute approximate surface area is 191 Å². The summed E-state index contributed by atoms with van der Waals surface area (Å²) in [5, 5.41) is 3.46. The summed E-state index contributed by atoms with van der Waals surface area (Å²) in [5.74, 6) is 0.903. The van der Waals surface area contributed by atoms with Crippen LogP contribution in [-0.4, -0.2) is 55.3 Å². The number of para-hydroxylation sites is 2. The summed E-state index contributed by atoms with van der Waals surface area (Å²) in [4.78, 5) is 20.8. The van der Waals surface area contributed by atoms with Crippen LogP contribution in [0.25, 0.3) is 11.3 Å². The van der Waals surface area contributed by atoms with Gasteiger partial charge in [-0.2, -0.15) is 0 Å². The van der Waals surface area contributed by atoms with Gasteiger partial charge in [0, 0.05) is 30.1 Å². The average Bonchev–Trinajstić information content (AvgIpc) is 3.22. The molecule has 2 heterocycles. The average molecular weight is 454 g/mol. The summed E-state index contributed by atoms with van der Waals surface area (Å²) in [6, 6.07) is 17.4. The summed E-state index contributed by atoms with van der Waals surface area (Å²) in [5.41, 5.74) is 1.94. The van der Waals surface area contributed by atoms with E-state index in [-0.39, 0.29) is 12.5 Å². The van der Waals surface area contributed by atoms with Crippen molar-refractivity contribution < 1.29 is 19.0 Å². The monoisotopic (exact) mass is 453 g/mol. The van der Waals surface area contributed by atoms with Crippen molar-refractivity contribution in [3.05, 3.63) is 59.5 Å². The van der Waals surface area contributed by atoms with Gasteiger partial charge in [-0.05, 0) is 19.1 Å². The fraction of sp³-hybridized carbons (Fsp3) is 0.333. The minimum atomic E-state index is -0.261. The van der Waals surface area contributed by atoms with Crippen molar-refractivity contribution in [3.63, 3.8) is 0 Å². The zero-order valence-corrected chi connectivity index (χ0v) is 18.9. The number of hydrogen-bond donors (Lipinski definition) is 1. The number of carbonyl (C=O) groups is 1. The number of amides is 1. The normalized spacial score (nSPS) is 14.2. The molecular weight excluding hydrogens is 426 g/mol. The molecule has 168 valence electrons. The molecule has 0 radical (unpaired) electrons. The van der Waals surface area contributed by atoms with Crippen LogP contribution in [0.1, 0.15) is 11.8 Å². The topological polar surface area (TPSA) is 72.9 Å². The predicted octanol–water partition coefficient (Wildman–Crippen LogP) is 4.06. The maximum Gasteiger partial charge on any atom is 0.264 e. The second-order valence-corrected chi connectivity index (χ2v) is 8.35. The van der Waals surface area contributed by atoms with Gasteiger partial charge in [-0.15, -0.1) is 0 Å². The lowest BCUT2D eigenvalue weighted by molar-refractivity contribution is -0.118. The van der Waals surface area contributed by atoms with Gasteiger partial charge in [0.15, 0.2) is 23.2 Å². The zero-order chi connectivity index (χ0) is 22.2. The zero-order valence-electron chi connectivity index (χ0n) is 18.1. The molecule has 1 saturated heterocycles. The highest BCUT2D eigenvalue weighted by Gasteiger charge is 2.19. The van der Waals surface area contributed by atoms with E-state index < -0.39 is 0 Å². The molecule has 1 amide bonds. The van der Waals surface area contributed by atoms with Crippen LogP contribution < -0.4 is 14.8 Å². The van der Waals surface area contributed by atoms with Crippen LogP contribution in [-0.2, 0) is 16.1 Å². The van der Waals surface area contributed by atoms with E-state index in [0.29, 0.717) is 23.2 Å². The second-order valence-electron chi connectivity index (χ2n) is 7.26. The maximum absolute atomic E-state index is 12.6. The first kappa shape index (κ1) is 22.3. The third-order valence-corrected chi connectivity index (χ3v) is 5.93. The van der Waals surface area contributed by atoms with Gasteiger partial charge in [-0.3, -0.25) is 15.0 Å². The molecule has 7 nitrogen and oxygen atoms in total. The number of thiazole rings is 1. The molecule has 0 atom stereocenters. The first-order valence-corrected chi connectivity index (χ1v) is 11.5. The molecule has 4 rings (SSSR count). The smallest absolute Gasteiger partial charge is 0.264 e. The highest BCUT2D eigenvalue weighted by Crippen LogP contribution is 2.32. The minimum Gasteiger partial charge on any atom is -0.490 e. The summed E-state index contributed by atoms with van der Waals surface area (Å²) < 4.78 is 16.7. The number of aromatic nitrogens is 1. The van der Waals surface area contributed by atoms with Crippen molar-refractivity contribution in [1.29, 1.82) is 0 Å². The molecule has 0 aliphatic carbocycles. The third kappa shape index (κ3) is 5.85. The lowest BCUT2D eigenvalue weighted by Crippen LogP contribution is -2.35. The van der Waals surface area contributed by atoms with Gasteiger partial charge in [0.25, 0.3) is 5.91 Å². The van der Waals surface area contributed by atoms with E-state index in [1.165, 1.54) is 11.3 Å². The standard InChI is InChI=1S/C24H27N3O4S/c1-2-30-19-10-6-7-11-20(19)31-17-22(28)25-24-26-23(18-8-4-3-5-9-18)21(32-24)16-27-12-14-29-15-13-27/h3-11H,2,12-17H2,1H3,(H,25,26,28). The SMILES string of the molecule is CCOc1ccccc1OCC(=O)Nc1nc(-c2ccccc2)c(CN2CCOCC2)s1. The third-order valence-electron chi connectivity index (χ3n) is 4.97. The molecule has 1 fully saturated rings. The van der Waals surface area contributed by atoms with Gasteiger partial charge >= 0.3 is 0 Å². The second kappa shape index (κ2) is 11.1. The molecule has 0 bridgehead atoms. The molecule has 2 aromatic carbocycles. The molecule has 3 aromatic rings. The fourth-order valence-electron chi connectivity index (χ4n) is 3.44. The Morgan fingerprint density at radius 2 is 1.75 bits per heavy atom. The number of ether oxygens (including phenoxy) is 3. The Hall–Kier alpha value is -2.94. The Balaban J connectivity index is 1.45. The predicted molar refractivity (Wildman–Crippen MR) is 125 cm³/mol. The van der Waals surface area contributed by atoms with Gasteiger partial charge in [0.1, 0.15) is 0 Å². The van der Waals surface area contributed by atoms with E-state index >= 15 is 0 Å². The fourth-order valence-corrected chi connectivity index (χ4v) is 4.48. The Morgan fingerprint density at radius 1 is 1.06 bits per heavy atom. The molecular formula is C24H27N3O4S. The minimum absolute atomic E-state index is 0.122. The Kier molecular flexibility index (Phi) is 7.71. The molecule has 1 aliphatic rings. The van der Waals surface area contributed by atoms with Crippen molar-refractivity contribution >= 4 is 22.4 Å². The van der Waals surface area contributed by atoms with Crippen molar-refractivity contribution in [2.45, 2.75) is 13.5 Å². The molecule has 1 N–H and O–H groups in total. The van der Waals surface area contributed by atoms with Crippen LogP contribution in [0.15, 0.2) is 54.6 Å². The van der Waals surface area contributed by atoms with Crippen LogP contribution in [0.5, 0.6) is 11.5 Å². The van der Waals surface area contributed by atoms with Gasteiger partial charge in [-0.25, -0.2) is 4.98 Å². The number of nitrogens with zero attached hydrogens (tertiary/aromatic N) is 2. The summed E-state index contributed by atoms with van der Waals surface area (Å²) >= 11 is 1.50. The van der Waals surface area contributed by atoms with Gasteiger partial charge < -0.3 is 14.2 Å². The number of rotatable bonds is 9. The Bertz CT molecular complexity index is 1020. The summed E-state index contributed by atoms with van der Waals surface area (Å²) in [7, 11) is 0. The lowest BCUT2D eigenvalue weighted by Gasteiger charge is -2.26. The number of hydrogen-bond acceptors (Lipinski definition) is 7. The van der Waals surface area contributed by atoms with Crippen LogP contribution in [0.3, 0.4) is 0 Å². The van der Waals surface area contributed by atoms with E-state index in [2.05, 4.69) is 10.2 Å². The first-order chi connectivity index (χ1) is 15.7. The van der Waals surface area contributed by atoms with E-state index in [0.717, 1.165) is 49.0 Å². The van der Waals surface area contributed by atoms with Crippen molar-refractivity contribution in [2.75, 3.05) is 44.8 Å². The van der Waals surface area contributed by atoms with Gasteiger partial charge in [0.2, 0.25) is 0 Å². The molecule has 1 aromatic heterocycles. The number of carbonyl (C=O) groups excluding carboxylic acids is 1. The maximum atomic E-state index is 12.6.